The van der Waals surface area contributed by atoms with Crippen molar-refractivity contribution in [1.82, 2.24) is 5.32 Å². The van der Waals surface area contributed by atoms with Crippen LogP contribution in [0.1, 0.15) is 35.0 Å². The van der Waals surface area contributed by atoms with Crippen LogP contribution in [0.15, 0.2) is 66.0 Å². The van der Waals surface area contributed by atoms with Crippen LogP contribution in [0.2, 0.25) is 0 Å². The van der Waals surface area contributed by atoms with Gasteiger partial charge in [0.05, 0.1) is 25.1 Å². The fraction of sp³-hybridized carbons (Fsp3) is 0.261. The van der Waals surface area contributed by atoms with Crippen molar-refractivity contribution in [2.45, 2.75) is 19.0 Å². The first-order valence-corrected chi connectivity index (χ1v) is 10.4. The number of benzene rings is 2. The number of ether oxygens (including phenoxy) is 2. The lowest BCUT2D eigenvalue weighted by Gasteiger charge is -2.19. The van der Waals surface area contributed by atoms with Gasteiger partial charge in [0.15, 0.2) is 6.54 Å². The van der Waals surface area contributed by atoms with Crippen LogP contribution in [-0.4, -0.2) is 26.7 Å². The average Bonchev–Trinajstić information content (AvgIpc) is 3.28. The molecule has 0 aliphatic carbocycles. The third-order valence-electron chi connectivity index (χ3n) is 4.83. The molecule has 3 N–H and O–H groups in total. The highest BCUT2D eigenvalue weighted by Gasteiger charge is 2.21. The summed E-state index contributed by atoms with van der Waals surface area (Å²) < 4.78 is 10.7. The third kappa shape index (κ3) is 5.37. The number of hydrogen-bond donors (Lipinski definition) is 2. The van der Waals surface area contributed by atoms with Crippen molar-refractivity contribution in [3.63, 3.8) is 0 Å². The minimum Gasteiger partial charge on any atom is -0.497 e. The second-order valence-corrected chi connectivity index (χ2v) is 7.72. The second kappa shape index (κ2) is 10.1. The van der Waals surface area contributed by atoms with E-state index in [9.17, 15) is 4.79 Å². The van der Waals surface area contributed by atoms with Gasteiger partial charge in [-0.25, -0.2) is 0 Å². The molecule has 0 unspecified atom stereocenters. The predicted octanol–water partition coefficient (Wildman–Crippen LogP) is 3.30. The van der Waals surface area contributed by atoms with Crippen molar-refractivity contribution >= 4 is 17.2 Å². The van der Waals surface area contributed by atoms with Gasteiger partial charge in [-0.05, 0) is 36.6 Å². The van der Waals surface area contributed by atoms with Crippen LogP contribution >= 0.6 is 11.3 Å². The van der Waals surface area contributed by atoms with Gasteiger partial charge in [0.25, 0.3) is 5.91 Å². The zero-order valence-corrected chi connectivity index (χ0v) is 17.7. The molecule has 0 radical (unpaired) electrons. The first kappa shape index (κ1) is 20.9. The van der Waals surface area contributed by atoms with Crippen LogP contribution in [-0.2, 0) is 4.79 Å². The Hall–Kier alpha value is -2.83. The molecule has 2 atom stereocenters. The quantitative estimate of drug-likeness (QED) is 0.568. The monoisotopic (exact) mass is 411 g/mol. The molecule has 3 rings (SSSR count). The molecule has 0 aliphatic heterocycles. The number of nitrogens with two attached hydrogens (primary N) is 1. The molecule has 6 heteroatoms. The largest absolute Gasteiger partial charge is 0.497 e. The van der Waals surface area contributed by atoms with Gasteiger partial charge in [0.2, 0.25) is 0 Å². The van der Waals surface area contributed by atoms with E-state index in [1.165, 1.54) is 10.4 Å². The lowest BCUT2D eigenvalue weighted by molar-refractivity contribution is -0.676. The molecule has 0 fully saturated rings. The normalized spacial score (nSPS) is 12.8. The van der Waals surface area contributed by atoms with Crippen LogP contribution < -0.4 is 20.1 Å². The minimum absolute atomic E-state index is 0.0279. The smallest absolute Gasteiger partial charge is 0.275 e. The molecule has 0 bridgehead atoms. The fourth-order valence-electron chi connectivity index (χ4n) is 3.33. The molecule has 1 aromatic heterocycles. The Bertz CT molecular complexity index is 913. The Morgan fingerprint density at radius 3 is 2.52 bits per heavy atom. The number of carbonyl (C=O) groups excluding carboxylic acids is 1. The molecule has 0 spiro atoms. The van der Waals surface area contributed by atoms with Crippen molar-refractivity contribution in [2.75, 3.05) is 20.8 Å². The summed E-state index contributed by atoms with van der Waals surface area (Å²) in [5.41, 5.74) is 2.07. The van der Waals surface area contributed by atoms with E-state index in [0.29, 0.717) is 6.54 Å². The highest BCUT2D eigenvalue weighted by Crippen LogP contribution is 2.29. The van der Waals surface area contributed by atoms with E-state index in [2.05, 4.69) is 34.2 Å². The molecular formula is C23H27N2O3S+. The number of amides is 1. The number of hydrogen-bond acceptors (Lipinski definition) is 4. The van der Waals surface area contributed by atoms with E-state index >= 15 is 0 Å². The van der Waals surface area contributed by atoms with E-state index in [4.69, 9.17) is 9.47 Å². The number of methoxy groups -OCH3 is 2. The zero-order valence-electron chi connectivity index (χ0n) is 16.9. The van der Waals surface area contributed by atoms with Crippen molar-refractivity contribution in [2.24, 2.45) is 0 Å². The summed E-state index contributed by atoms with van der Waals surface area (Å²) in [5, 5.41) is 7.21. The summed E-state index contributed by atoms with van der Waals surface area (Å²) in [7, 11) is 3.25. The van der Waals surface area contributed by atoms with E-state index in [0.717, 1.165) is 17.1 Å². The highest BCUT2D eigenvalue weighted by molar-refractivity contribution is 7.10. The number of quaternary nitrogens is 1. The number of carbonyl (C=O) groups is 1. The predicted molar refractivity (Wildman–Crippen MR) is 116 cm³/mol. The maximum absolute atomic E-state index is 12.7. The first-order chi connectivity index (χ1) is 14.1. The summed E-state index contributed by atoms with van der Waals surface area (Å²) >= 11 is 1.70. The van der Waals surface area contributed by atoms with E-state index in [-0.39, 0.29) is 18.0 Å². The number of rotatable bonds is 9. The first-order valence-electron chi connectivity index (χ1n) is 9.55. The topological polar surface area (TPSA) is 64.2 Å². The molecule has 0 saturated heterocycles. The minimum atomic E-state index is -0.196. The van der Waals surface area contributed by atoms with Crippen molar-refractivity contribution in [1.29, 1.82) is 0 Å². The molecule has 3 aromatic rings. The molecule has 0 saturated carbocycles. The summed E-state index contributed by atoms with van der Waals surface area (Å²) in [6, 6.07) is 19.9. The second-order valence-electron chi connectivity index (χ2n) is 6.74. The molecule has 2 aromatic carbocycles. The average molecular weight is 412 g/mol. The summed E-state index contributed by atoms with van der Waals surface area (Å²) in [5.74, 6) is 1.43. The van der Waals surface area contributed by atoms with Gasteiger partial charge in [0, 0.05) is 11.1 Å². The SMILES string of the molecule is COc1ccc(OC)c([C@@H](C)NC(=O)C[NH2+][C@@H](c2ccccc2)c2cccs2)c1. The van der Waals surface area contributed by atoms with Crippen LogP contribution in [0.3, 0.4) is 0 Å². The Labute approximate surface area is 175 Å². The molecule has 0 aliphatic rings. The Morgan fingerprint density at radius 2 is 1.86 bits per heavy atom. The van der Waals surface area contributed by atoms with Gasteiger partial charge in [0.1, 0.15) is 17.5 Å². The van der Waals surface area contributed by atoms with Gasteiger partial charge >= 0.3 is 0 Å². The number of thiophene rings is 1. The molecular weight excluding hydrogens is 384 g/mol. The summed E-state index contributed by atoms with van der Waals surface area (Å²) in [6.45, 7) is 2.28. The lowest BCUT2D eigenvalue weighted by atomic mass is 10.1. The van der Waals surface area contributed by atoms with Gasteiger partial charge in [-0.2, -0.15) is 0 Å². The van der Waals surface area contributed by atoms with E-state index in [1.807, 2.05) is 49.4 Å². The van der Waals surface area contributed by atoms with Crippen LogP contribution in [0.4, 0.5) is 0 Å². The molecule has 5 nitrogen and oxygen atoms in total. The van der Waals surface area contributed by atoms with Crippen LogP contribution in [0, 0.1) is 0 Å². The highest BCUT2D eigenvalue weighted by atomic mass is 32.1. The Kier molecular flexibility index (Phi) is 7.27. The zero-order chi connectivity index (χ0) is 20.6. The van der Waals surface area contributed by atoms with E-state index < -0.39 is 0 Å². The standard InChI is InChI=1S/C23H26N2O3S/c1-16(19-14-18(27-2)11-12-20(19)28-3)25-22(26)15-24-23(21-10-7-13-29-21)17-8-5-4-6-9-17/h4-14,16,23-24H,15H2,1-3H3,(H,25,26)/p+1/t16-,23+/m1/s1. The third-order valence-corrected chi connectivity index (χ3v) is 5.78. The Morgan fingerprint density at radius 1 is 1.07 bits per heavy atom. The van der Waals surface area contributed by atoms with Gasteiger partial charge in [-0.1, -0.05) is 36.4 Å². The van der Waals surface area contributed by atoms with Gasteiger partial charge < -0.3 is 20.1 Å². The van der Waals surface area contributed by atoms with Gasteiger partial charge in [-0.3, -0.25) is 4.79 Å². The Balaban J connectivity index is 1.67. The maximum Gasteiger partial charge on any atom is 0.275 e. The van der Waals surface area contributed by atoms with Crippen molar-refractivity contribution in [3.05, 3.63) is 82.0 Å². The van der Waals surface area contributed by atoms with Gasteiger partial charge in [-0.15, -0.1) is 11.3 Å². The van der Waals surface area contributed by atoms with Crippen molar-refractivity contribution in [3.8, 4) is 11.5 Å². The van der Waals surface area contributed by atoms with E-state index in [1.54, 1.807) is 25.6 Å². The lowest BCUT2D eigenvalue weighted by Crippen LogP contribution is -2.87. The summed E-state index contributed by atoms with van der Waals surface area (Å²) in [6.07, 6.45) is 0. The van der Waals surface area contributed by atoms with Crippen LogP contribution in [0.25, 0.3) is 0 Å². The molecule has 1 amide bonds. The van der Waals surface area contributed by atoms with Crippen LogP contribution in [0.5, 0.6) is 11.5 Å². The number of nitrogens with one attached hydrogen (secondary N) is 1. The molecule has 152 valence electrons. The van der Waals surface area contributed by atoms with Crippen molar-refractivity contribution < 1.29 is 19.6 Å². The fourth-order valence-corrected chi connectivity index (χ4v) is 4.18. The molecule has 1 heterocycles. The maximum atomic E-state index is 12.7. The summed E-state index contributed by atoms with van der Waals surface area (Å²) in [4.78, 5) is 13.9. The molecule has 29 heavy (non-hydrogen) atoms.